The number of nitriles is 1. The van der Waals surface area contributed by atoms with Gasteiger partial charge in [-0.15, -0.1) is 0 Å². The lowest BCUT2D eigenvalue weighted by Crippen LogP contribution is -2.02. The maximum atomic E-state index is 11.1. The molecule has 0 saturated heterocycles. The number of nitro benzene ring substituents is 1. The van der Waals surface area contributed by atoms with Crippen LogP contribution in [0.3, 0.4) is 0 Å². The maximum absolute atomic E-state index is 11.1. The first-order valence-electron chi connectivity index (χ1n) is 4.20. The Bertz CT molecular complexity index is 528. The van der Waals surface area contributed by atoms with Crippen molar-refractivity contribution in [3.8, 4) is 6.07 Å². The Balaban J connectivity index is 3.64. The number of Topliss-reactive ketones (excluding diaryl/α,β-unsaturated/α-hetero) is 1. The summed E-state index contributed by atoms with van der Waals surface area (Å²) < 4.78 is 0. The molecule has 0 amide bonds. The summed E-state index contributed by atoms with van der Waals surface area (Å²) in [5.74, 6) is -0.406. The van der Waals surface area contributed by atoms with Crippen molar-refractivity contribution in [1.29, 1.82) is 5.26 Å². The number of rotatable bonds is 3. The Labute approximate surface area is 90.3 Å². The van der Waals surface area contributed by atoms with Crippen LogP contribution >= 0.6 is 0 Å². The molecule has 80 valence electrons. The van der Waals surface area contributed by atoms with Crippen molar-refractivity contribution >= 4 is 17.8 Å². The minimum atomic E-state index is -0.795. The van der Waals surface area contributed by atoms with Gasteiger partial charge in [0.05, 0.1) is 10.5 Å². The molecular formula is C10H6N2O4. The molecule has 6 heteroatoms. The average Bonchev–Trinajstić information content (AvgIpc) is 2.26. The number of hydrogen-bond acceptors (Lipinski definition) is 5. The molecule has 6 nitrogen and oxygen atoms in total. The molecule has 16 heavy (non-hydrogen) atoms. The number of carbonyl (C=O) groups excluding carboxylic acids is 2. The maximum Gasteiger partial charge on any atom is 0.281 e. The first-order chi connectivity index (χ1) is 7.51. The van der Waals surface area contributed by atoms with Crippen molar-refractivity contribution in [3.63, 3.8) is 0 Å². The monoisotopic (exact) mass is 218 g/mol. The van der Waals surface area contributed by atoms with Crippen LogP contribution in [0.1, 0.15) is 33.2 Å². The van der Waals surface area contributed by atoms with Crippen LogP contribution in [0.2, 0.25) is 0 Å². The second kappa shape index (κ2) is 4.31. The largest absolute Gasteiger partial charge is 0.298 e. The van der Waals surface area contributed by atoms with Gasteiger partial charge in [0.1, 0.15) is 11.6 Å². The number of benzene rings is 1. The second-order valence-electron chi connectivity index (χ2n) is 3.00. The first-order valence-corrected chi connectivity index (χ1v) is 4.20. The van der Waals surface area contributed by atoms with Crippen molar-refractivity contribution in [1.82, 2.24) is 0 Å². The molecule has 0 aromatic heterocycles. The van der Waals surface area contributed by atoms with Gasteiger partial charge in [-0.25, -0.2) is 0 Å². The fourth-order valence-corrected chi connectivity index (χ4v) is 1.21. The number of ketones is 1. The summed E-state index contributed by atoms with van der Waals surface area (Å²) in [6, 6.07) is 3.81. The SMILES string of the molecule is CC(=O)c1cc(C#N)c(C=O)c([N+](=O)[O-])c1. The summed E-state index contributed by atoms with van der Waals surface area (Å²) in [4.78, 5) is 31.6. The van der Waals surface area contributed by atoms with Gasteiger partial charge in [-0.3, -0.25) is 19.7 Å². The van der Waals surface area contributed by atoms with Crippen molar-refractivity contribution in [2.24, 2.45) is 0 Å². The first kappa shape index (κ1) is 11.5. The summed E-state index contributed by atoms with van der Waals surface area (Å²) in [6.45, 7) is 1.22. The van der Waals surface area contributed by atoms with Crippen LogP contribution in [0, 0.1) is 21.4 Å². The van der Waals surface area contributed by atoms with E-state index in [2.05, 4.69) is 0 Å². The van der Waals surface area contributed by atoms with Gasteiger partial charge in [-0.1, -0.05) is 0 Å². The summed E-state index contributed by atoms with van der Waals surface area (Å²) in [7, 11) is 0. The molecule has 0 unspecified atom stereocenters. The molecule has 0 aliphatic rings. The molecule has 0 fully saturated rings. The highest BCUT2D eigenvalue weighted by Gasteiger charge is 2.20. The molecule has 1 aromatic rings. The van der Waals surface area contributed by atoms with Gasteiger partial charge >= 0.3 is 0 Å². The predicted molar refractivity (Wildman–Crippen MR) is 53.2 cm³/mol. The summed E-state index contributed by atoms with van der Waals surface area (Å²) in [5, 5.41) is 19.4. The highest BCUT2D eigenvalue weighted by molar-refractivity contribution is 5.97. The van der Waals surface area contributed by atoms with E-state index in [-0.39, 0.29) is 23.0 Å². The Morgan fingerprint density at radius 2 is 2.19 bits per heavy atom. The van der Waals surface area contributed by atoms with Crippen LogP contribution in [0.15, 0.2) is 12.1 Å². The normalized spacial score (nSPS) is 9.25. The Morgan fingerprint density at radius 3 is 2.56 bits per heavy atom. The molecular weight excluding hydrogens is 212 g/mol. The summed E-state index contributed by atoms with van der Waals surface area (Å²) in [6.07, 6.45) is 0.237. The van der Waals surface area contributed by atoms with E-state index in [4.69, 9.17) is 5.26 Å². The van der Waals surface area contributed by atoms with E-state index in [1.807, 2.05) is 0 Å². The van der Waals surface area contributed by atoms with Crippen LogP contribution in [-0.2, 0) is 0 Å². The van der Waals surface area contributed by atoms with Crippen LogP contribution in [0.5, 0.6) is 0 Å². The minimum absolute atomic E-state index is 0.0360. The number of nitro groups is 1. The molecule has 0 N–H and O–H groups in total. The van der Waals surface area contributed by atoms with Crippen molar-refractivity contribution in [2.45, 2.75) is 6.92 Å². The Kier molecular flexibility index (Phi) is 3.11. The Morgan fingerprint density at radius 1 is 1.56 bits per heavy atom. The van der Waals surface area contributed by atoms with Crippen molar-refractivity contribution in [3.05, 3.63) is 38.9 Å². The fraction of sp³-hybridized carbons (Fsp3) is 0.100. The smallest absolute Gasteiger partial charge is 0.281 e. The van der Waals surface area contributed by atoms with Gasteiger partial charge in [0, 0.05) is 11.6 Å². The molecule has 0 aliphatic carbocycles. The van der Waals surface area contributed by atoms with E-state index >= 15 is 0 Å². The van der Waals surface area contributed by atoms with Crippen LogP contribution < -0.4 is 0 Å². The third-order valence-electron chi connectivity index (χ3n) is 2.00. The lowest BCUT2D eigenvalue weighted by atomic mass is 10.0. The number of nitrogens with zero attached hydrogens (tertiary/aromatic N) is 2. The summed E-state index contributed by atoms with van der Waals surface area (Å²) >= 11 is 0. The molecule has 0 saturated carbocycles. The zero-order chi connectivity index (χ0) is 12.3. The number of hydrogen-bond donors (Lipinski definition) is 0. The molecule has 0 spiro atoms. The summed E-state index contributed by atoms with van der Waals surface area (Å²) in [5.41, 5.74) is -0.972. The average molecular weight is 218 g/mol. The predicted octanol–water partition coefficient (Wildman–Crippen LogP) is 1.48. The van der Waals surface area contributed by atoms with Crippen molar-refractivity contribution < 1.29 is 14.5 Å². The lowest BCUT2D eigenvalue weighted by molar-refractivity contribution is -0.385. The van der Waals surface area contributed by atoms with Crippen LogP contribution in [-0.4, -0.2) is 17.0 Å². The minimum Gasteiger partial charge on any atom is -0.298 e. The lowest BCUT2D eigenvalue weighted by Gasteiger charge is -2.01. The quantitative estimate of drug-likeness (QED) is 0.331. The fourth-order valence-electron chi connectivity index (χ4n) is 1.21. The Hall–Kier alpha value is -2.55. The molecule has 0 radical (unpaired) electrons. The third kappa shape index (κ3) is 1.93. The van der Waals surface area contributed by atoms with Gasteiger partial charge in [0.15, 0.2) is 12.1 Å². The highest BCUT2D eigenvalue weighted by Crippen LogP contribution is 2.23. The molecule has 0 aliphatic heterocycles. The third-order valence-corrected chi connectivity index (χ3v) is 2.00. The van der Waals surface area contributed by atoms with Gasteiger partial charge in [-0.2, -0.15) is 5.26 Å². The van der Waals surface area contributed by atoms with E-state index in [9.17, 15) is 19.7 Å². The van der Waals surface area contributed by atoms with E-state index in [1.165, 1.54) is 13.0 Å². The molecule has 1 rings (SSSR count). The zero-order valence-electron chi connectivity index (χ0n) is 8.26. The van der Waals surface area contributed by atoms with E-state index in [0.717, 1.165) is 6.07 Å². The topological polar surface area (TPSA) is 101 Å². The highest BCUT2D eigenvalue weighted by atomic mass is 16.6. The van der Waals surface area contributed by atoms with Crippen molar-refractivity contribution in [2.75, 3.05) is 0 Å². The molecule has 1 aromatic carbocycles. The zero-order valence-corrected chi connectivity index (χ0v) is 8.26. The standard InChI is InChI=1S/C10H6N2O4/c1-6(14)7-2-8(4-11)9(5-13)10(3-7)12(15)16/h2-3,5H,1H3. The number of carbonyl (C=O) groups is 2. The molecule has 0 heterocycles. The second-order valence-corrected chi connectivity index (χ2v) is 3.00. The van der Waals surface area contributed by atoms with E-state index in [0.29, 0.717) is 0 Å². The van der Waals surface area contributed by atoms with Crippen LogP contribution in [0.25, 0.3) is 0 Å². The molecule has 0 atom stereocenters. The van der Waals surface area contributed by atoms with Crippen LogP contribution in [0.4, 0.5) is 5.69 Å². The van der Waals surface area contributed by atoms with E-state index < -0.39 is 16.4 Å². The van der Waals surface area contributed by atoms with Gasteiger partial charge in [-0.05, 0) is 13.0 Å². The molecule has 0 bridgehead atoms. The van der Waals surface area contributed by atoms with Gasteiger partial charge < -0.3 is 0 Å². The number of aldehydes is 1. The van der Waals surface area contributed by atoms with E-state index in [1.54, 1.807) is 6.07 Å². The van der Waals surface area contributed by atoms with Gasteiger partial charge in [0.25, 0.3) is 5.69 Å². The van der Waals surface area contributed by atoms with Gasteiger partial charge in [0.2, 0.25) is 0 Å².